The molecule has 1 aromatic carbocycles. The van der Waals surface area contributed by atoms with Crippen LogP contribution in [0.1, 0.15) is 46.6 Å². The summed E-state index contributed by atoms with van der Waals surface area (Å²) in [5.41, 5.74) is 2.20. The van der Waals surface area contributed by atoms with Crippen LogP contribution in [-0.4, -0.2) is 15.8 Å². The van der Waals surface area contributed by atoms with Gasteiger partial charge in [0.2, 0.25) is 0 Å². The van der Waals surface area contributed by atoms with Gasteiger partial charge in [0.25, 0.3) is 5.69 Å². The summed E-state index contributed by atoms with van der Waals surface area (Å²) in [5, 5.41) is 11.2. The lowest BCUT2D eigenvalue weighted by atomic mass is 10.1. The van der Waals surface area contributed by atoms with E-state index in [4.69, 9.17) is 9.59 Å². The Labute approximate surface area is 134 Å². The lowest BCUT2D eigenvalue weighted by molar-refractivity contribution is -0.387. The number of nitro groups is 1. The minimum absolute atomic E-state index is 0.0411. The molecule has 0 aliphatic rings. The van der Waals surface area contributed by atoms with E-state index in [9.17, 15) is 10.1 Å². The number of thioether (sulfide) groups is 1. The summed E-state index contributed by atoms with van der Waals surface area (Å²) in [6, 6.07) is 5.49. The summed E-state index contributed by atoms with van der Waals surface area (Å²) in [6.45, 7) is 10.2. The fourth-order valence-electron chi connectivity index (χ4n) is 1.75. The maximum Gasteiger partial charge on any atom is 0.373 e. The first-order chi connectivity index (χ1) is 10.2. The second-order valence-corrected chi connectivity index (χ2v) is 7.40. The summed E-state index contributed by atoms with van der Waals surface area (Å²) >= 11 is 1.53. The molecule has 6 heteroatoms. The summed E-state index contributed by atoms with van der Waals surface area (Å²) in [4.78, 5) is 27.9. The van der Waals surface area contributed by atoms with Crippen LogP contribution in [0.3, 0.4) is 0 Å². The van der Waals surface area contributed by atoms with E-state index in [1.807, 2.05) is 19.1 Å². The predicted octanol–water partition coefficient (Wildman–Crippen LogP) is 4.72. The van der Waals surface area contributed by atoms with E-state index in [2.05, 4.69) is 33.8 Å². The quantitative estimate of drug-likeness (QED) is 0.455. The normalized spacial score (nSPS) is 11.2. The summed E-state index contributed by atoms with van der Waals surface area (Å²) in [7, 11) is 0. The van der Waals surface area contributed by atoms with E-state index >= 15 is 0 Å². The lowest BCUT2D eigenvalue weighted by Crippen LogP contribution is -2.07. The number of rotatable bonds is 4. The molecule has 0 saturated carbocycles. The Morgan fingerprint density at radius 1 is 1.36 bits per heavy atom. The van der Waals surface area contributed by atoms with Crippen LogP contribution >= 0.6 is 11.8 Å². The smallest absolute Gasteiger partial charge is 0.258 e. The van der Waals surface area contributed by atoms with E-state index in [0.29, 0.717) is 0 Å². The molecule has 1 rings (SSSR count). The fraction of sp³-hybridized carbons (Fsp3) is 0.438. The van der Waals surface area contributed by atoms with Crippen molar-refractivity contribution >= 4 is 29.2 Å². The van der Waals surface area contributed by atoms with Crippen LogP contribution in [0, 0.1) is 10.1 Å². The molecule has 0 atom stereocenters. The molecule has 0 spiro atoms. The van der Waals surface area contributed by atoms with Crippen LogP contribution in [0.5, 0.6) is 0 Å². The number of hydrogen-bond donors (Lipinski definition) is 0. The molecular weight excluding hydrogens is 302 g/mol. The number of nitro benzene ring substituents is 1. The average Bonchev–Trinajstić information content (AvgIpc) is 2.38. The van der Waals surface area contributed by atoms with Crippen molar-refractivity contribution in [2.45, 2.75) is 50.7 Å². The molecule has 0 aliphatic carbocycles. The molecule has 0 unspecified atom stereocenters. The van der Waals surface area contributed by atoms with Gasteiger partial charge in [0.15, 0.2) is 0 Å². The summed E-state index contributed by atoms with van der Waals surface area (Å²) in [5.74, 6) is 0. The molecular formula is C16H21NO4S. The molecule has 0 aromatic heterocycles. The van der Waals surface area contributed by atoms with Crippen molar-refractivity contribution in [1.82, 2.24) is 0 Å². The van der Waals surface area contributed by atoms with E-state index in [1.54, 1.807) is 6.07 Å². The molecule has 0 radical (unpaired) electrons. The van der Waals surface area contributed by atoms with E-state index in [0.717, 1.165) is 22.5 Å². The largest absolute Gasteiger partial charge is 0.373 e. The first-order valence-corrected chi connectivity index (χ1v) is 7.61. The van der Waals surface area contributed by atoms with Crippen LogP contribution in [0.2, 0.25) is 0 Å². The Morgan fingerprint density at radius 3 is 2.32 bits per heavy atom. The van der Waals surface area contributed by atoms with Gasteiger partial charge in [0, 0.05) is 10.8 Å². The Morgan fingerprint density at radius 2 is 1.91 bits per heavy atom. The third kappa shape index (κ3) is 7.20. The molecule has 0 N–H and O–H groups in total. The third-order valence-corrected chi connectivity index (χ3v) is 3.71. The molecule has 22 heavy (non-hydrogen) atoms. The second-order valence-electron chi connectivity index (χ2n) is 5.53. The molecule has 0 heterocycles. The number of allylic oxidation sites excluding steroid dienone is 2. The Kier molecular flexibility index (Phi) is 8.38. The van der Waals surface area contributed by atoms with Crippen molar-refractivity contribution in [3.8, 4) is 0 Å². The highest BCUT2D eigenvalue weighted by Crippen LogP contribution is 2.38. The van der Waals surface area contributed by atoms with Gasteiger partial charge in [-0.05, 0) is 30.5 Å². The lowest BCUT2D eigenvalue weighted by Gasteiger charge is -2.17. The molecule has 0 bridgehead atoms. The highest BCUT2D eigenvalue weighted by Gasteiger charge is 2.21. The molecule has 0 fully saturated rings. The number of nitrogens with zero attached hydrogens (tertiary/aromatic N) is 1. The Bertz CT molecular complexity index is 582. The Hall–Kier alpha value is -1.91. The van der Waals surface area contributed by atoms with Gasteiger partial charge in [0.1, 0.15) is 0 Å². The zero-order chi connectivity index (χ0) is 17.3. The summed E-state index contributed by atoms with van der Waals surface area (Å²) < 4.78 is -0.0411. The third-order valence-electron chi connectivity index (χ3n) is 2.54. The summed E-state index contributed by atoms with van der Waals surface area (Å²) in [6.07, 6.45) is 3.26. The number of benzene rings is 1. The zero-order valence-corrected chi connectivity index (χ0v) is 14.3. The van der Waals surface area contributed by atoms with E-state index in [-0.39, 0.29) is 21.5 Å². The van der Waals surface area contributed by atoms with Gasteiger partial charge in [-0.3, -0.25) is 10.1 Å². The maximum absolute atomic E-state index is 11.2. The van der Waals surface area contributed by atoms with Crippen molar-refractivity contribution in [2.75, 3.05) is 0 Å². The monoisotopic (exact) mass is 323 g/mol. The molecule has 0 amide bonds. The van der Waals surface area contributed by atoms with Crippen molar-refractivity contribution in [3.63, 3.8) is 0 Å². The zero-order valence-electron chi connectivity index (χ0n) is 13.5. The van der Waals surface area contributed by atoms with Crippen molar-refractivity contribution in [1.29, 1.82) is 0 Å². The molecule has 0 aliphatic heterocycles. The van der Waals surface area contributed by atoms with Crippen LogP contribution in [0.4, 0.5) is 5.69 Å². The van der Waals surface area contributed by atoms with Gasteiger partial charge in [-0.2, -0.15) is 9.59 Å². The maximum atomic E-state index is 11.2. The van der Waals surface area contributed by atoms with Gasteiger partial charge < -0.3 is 0 Å². The van der Waals surface area contributed by atoms with Crippen LogP contribution in [0.15, 0.2) is 29.2 Å². The number of hydrogen-bond acceptors (Lipinski definition) is 5. The fourth-order valence-corrected chi connectivity index (χ4v) is 2.78. The first-order valence-electron chi connectivity index (χ1n) is 6.80. The van der Waals surface area contributed by atoms with E-state index < -0.39 is 0 Å². The predicted molar refractivity (Wildman–Crippen MR) is 87.7 cm³/mol. The highest BCUT2D eigenvalue weighted by molar-refractivity contribution is 8.00. The van der Waals surface area contributed by atoms with Crippen molar-refractivity contribution < 1.29 is 14.5 Å². The molecule has 1 aromatic rings. The van der Waals surface area contributed by atoms with Gasteiger partial charge in [0.05, 0.1) is 9.82 Å². The SMILES string of the molecule is CC/C=C(\C)c1ccc(SC(C)(C)C)c([N+](=O)[O-])c1.O=C=O. The second kappa shape index (κ2) is 9.18. The first kappa shape index (κ1) is 20.1. The minimum Gasteiger partial charge on any atom is -0.258 e. The van der Waals surface area contributed by atoms with Crippen LogP contribution < -0.4 is 0 Å². The van der Waals surface area contributed by atoms with Gasteiger partial charge in [-0.25, -0.2) is 0 Å². The average molecular weight is 323 g/mol. The minimum atomic E-state index is -0.295. The van der Waals surface area contributed by atoms with Crippen LogP contribution in [0.25, 0.3) is 5.57 Å². The van der Waals surface area contributed by atoms with Crippen molar-refractivity contribution in [2.24, 2.45) is 0 Å². The number of carbonyl (C=O) groups excluding carboxylic acids is 2. The molecule has 5 nitrogen and oxygen atoms in total. The Balaban J connectivity index is 0.00000135. The van der Waals surface area contributed by atoms with Gasteiger partial charge >= 0.3 is 6.15 Å². The van der Waals surface area contributed by atoms with Gasteiger partial charge in [-0.15, -0.1) is 11.8 Å². The van der Waals surface area contributed by atoms with Crippen molar-refractivity contribution in [3.05, 3.63) is 40.0 Å². The highest BCUT2D eigenvalue weighted by atomic mass is 32.2. The molecule has 0 saturated heterocycles. The van der Waals surface area contributed by atoms with Crippen LogP contribution in [-0.2, 0) is 9.59 Å². The topological polar surface area (TPSA) is 77.3 Å². The van der Waals surface area contributed by atoms with Gasteiger partial charge in [-0.1, -0.05) is 39.8 Å². The molecule has 120 valence electrons. The van der Waals surface area contributed by atoms with E-state index in [1.165, 1.54) is 11.8 Å². The standard InChI is InChI=1S/C15H21NO2S.CO2/c1-6-7-11(2)12-8-9-14(19-15(3,4)5)13(10-12)16(17)18;2-1-3/h7-10H,6H2,1-5H3;/b11-7+;.